The van der Waals surface area contributed by atoms with Crippen LogP contribution in [0.4, 0.5) is 13.2 Å². The molecule has 3 rings (SSSR count). The van der Waals surface area contributed by atoms with E-state index in [1.807, 2.05) is 0 Å². The summed E-state index contributed by atoms with van der Waals surface area (Å²) in [4.78, 5) is 8.02. The monoisotopic (exact) mass is 418 g/mol. The van der Waals surface area contributed by atoms with E-state index < -0.39 is 24.0 Å². The van der Waals surface area contributed by atoms with E-state index in [0.717, 1.165) is 0 Å². The maximum atomic E-state index is 14.2. The van der Waals surface area contributed by atoms with Crippen LogP contribution in [0.1, 0.15) is 19.5 Å². The lowest BCUT2D eigenvalue weighted by Gasteiger charge is -2.18. The Kier molecular flexibility index (Phi) is 6.56. The van der Waals surface area contributed by atoms with Crippen LogP contribution in [0.3, 0.4) is 0 Å². The van der Waals surface area contributed by atoms with Gasteiger partial charge in [-0.3, -0.25) is 4.98 Å². The number of ether oxygens (including phenoxy) is 3. The van der Waals surface area contributed by atoms with E-state index in [-0.39, 0.29) is 17.7 Å². The topological polar surface area (TPSA) is 53.5 Å². The van der Waals surface area contributed by atoms with Crippen LogP contribution in [0.5, 0.6) is 17.4 Å². The zero-order valence-electron chi connectivity index (χ0n) is 16.7. The molecule has 8 heteroatoms. The largest absolute Gasteiger partial charge is 0.496 e. The third-order valence-corrected chi connectivity index (χ3v) is 4.15. The lowest BCUT2D eigenvalue weighted by atomic mass is 10.1. The first-order valence-electron chi connectivity index (χ1n) is 9.23. The fourth-order valence-corrected chi connectivity index (χ4v) is 2.68. The molecule has 0 fully saturated rings. The predicted molar refractivity (Wildman–Crippen MR) is 105 cm³/mol. The van der Waals surface area contributed by atoms with Gasteiger partial charge in [-0.15, -0.1) is 0 Å². The van der Waals surface area contributed by atoms with E-state index in [4.69, 9.17) is 14.2 Å². The molecule has 0 aliphatic heterocycles. The van der Waals surface area contributed by atoms with Crippen LogP contribution in [0.15, 0.2) is 54.9 Å². The Bertz CT molecular complexity index is 995. The number of aromatic nitrogens is 2. The number of methoxy groups -OCH3 is 1. The van der Waals surface area contributed by atoms with Gasteiger partial charge in [-0.05, 0) is 50.2 Å². The average Bonchev–Trinajstić information content (AvgIpc) is 2.73. The lowest BCUT2D eigenvalue weighted by Crippen LogP contribution is -2.24. The van der Waals surface area contributed by atoms with Gasteiger partial charge in [-0.2, -0.15) is 8.78 Å². The molecule has 0 spiro atoms. The third-order valence-electron chi connectivity index (χ3n) is 4.15. The minimum Gasteiger partial charge on any atom is -0.496 e. The van der Waals surface area contributed by atoms with E-state index >= 15 is 0 Å². The molecule has 1 aromatic carbocycles. The van der Waals surface area contributed by atoms with Crippen molar-refractivity contribution in [2.24, 2.45) is 0 Å². The van der Waals surface area contributed by atoms with Crippen molar-refractivity contribution in [1.82, 2.24) is 9.97 Å². The molecule has 0 N–H and O–H groups in total. The van der Waals surface area contributed by atoms with Gasteiger partial charge in [0.25, 0.3) is 0 Å². The molecule has 2 aromatic heterocycles. The Morgan fingerprint density at radius 2 is 1.83 bits per heavy atom. The van der Waals surface area contributed by atoms with Gasteiger partial charge < -0.3 is 14.2 Å². The first-order valence-corrected chi connectivity index (χ1v) is 9.23. The summed E-state index contributed by atoms with van der Waals surface area (Å²) in [5, 5.41) is 0. The van der Waals surface area contributed by atoms with Crippen LogP contribution in [0, 0.1) is 5.82 Å². The molecule has 0 aliphatic rings. The Hall–Kier alpha value is -3.13. The minimum absolute atomic E-state index is 0.201. The van der Waals surface area contributed by atoms with Gasteiger partial charge in [0.05, 0.1) is 19.4 Å². The second-order valence-corrected chi connectivity index (χ2v) is 6.75. The number of nitrogens with zero attached hydrogens (tertiary/aromatic N) is 2. The fraction of sp³-hybridized carbons (Fsp3) is 0.273. The number of alkyl halides is 2. The normalized spacial score (nSPS) is 11.6. The van der Waals surface area contributed by atoms with Gasteiger partial charge in [0, 0.05) is 23.4 Å². The molecular weight excluding hydrogens is 397 g/mol. The van der Waals surface area contributed by atoms with Crippen LogP contribution in [-0.2, 0) is 10.7 Å². The molecule has 0 bridgehead atoms. The summed E-state index contributed by atoms with van der Waals surface area (Å²) in [6.45, 7) is 2.61. The van der Waals surface area contributed by atoms with Crippen molar-refractivity contribution < 1.29 is 27.4 Å². The van der Waals surface area contributed by atoms with Gasteiger partial charge in [0.2, 0.25) is 5.88 Å². The van der Waals surface area contributed by atoms with E-state index in [2.05, 4.69) is 9.97 Å². The summed E-state index contributed by atoms with van der Waals surface area (Å²) >= 11 is 0. The summed E-state index contributed by atoms with van der Waals surface area (Å²) in [7, 11) is 1.43. The number of benzene rings is 1. The first-order chi connectivity index (χ1) is 14.3. The van der Waals surface area contributed by atoms with Crippen LogP contribution in [-0.4, -0.2) is 29.8 Å². The van der Waals surface area contributed by atoms with E-state index in [1.54, 1.807) is 32.0 Å². The molecule has 0 unspecified atom stereocenters. The van der Waals surface area contributed by atoms with Crippen LogP contribution in [0.25, 0.3) is 11.1 Å². The maximum Gasteiger partial charge on any atom is 0.312 e. The number of rotatable bonds is 8. The number of hydrogen-bond acceptors (Lipinski definition) is 5. The highest BCUT2D eigenvalue weighted by atomic mass is 19.3. The molecule has 0 aliphatic carbocycles. The van der Waals surface area contributed by atoms with Gasteiger partial charge >= 0.3 is 5.92 Å². The first kappa shape index (κ1) is 21.6. The smallest absolute Gasteiger partial charge is 0.312 e. The van der Waals surface area contributed by atoms with Crippen molar-refractivity contribution >= 4 is 0 Å². The molecule has 0 atom stereocenters. The number of pyridine rings is 2. The lowest BCUT2D eigenvalue weighted by molar-refractivity contribution is -0.100. The van der Waals surface area contributed by atoms with E-state index in [1.165, 1.54) is 43.8 Å². The molecule has 5 nitrogen and oxygen atoms in total. The zero-order chi connectivity index (χ0) is 21.7. The molecule has 0 radical (unpaired) electrons. The van der Waals surface area contributed by atoms with Crippen LogP contribution in [0.2, 0.25) is 0 Å². The van der Waals surface area contributed by atoms with E-state index in [9.17, 15) is 13.2 Å². The number of halogens is 3. The third kappa shape index (κ3) is 5.07. The Labute approximate surface area is 172 Å². The average molecular weight is 418 g/mol. The van der Waals surface area contributed by atoms with Gasteiger partial charge in [-0.1, -0.05) is 0 Å². The Balaban J connectivity index is 1.85. The second-order valence-electron chi connectivity index (χ2n) is 6.75. The maximum absolute atomic E-state index is 14.2. The molecule has 0 amide bonds. The molecule has 2 heterocycles. The molecule has 0 saturated heterocycles. The Morgan fingerprint density at radius 1 is 1.03 bits per heavy atom. The summed E-state index contributed by atoms with van der Waals surface area (Å²) in [6.07, 6.45) is 2.40. The summed E-state index contributed by atoms with van der Waals surface area (Å²) in [6, 6.07) is 10.1. The summed E-state index contributed by atoms with van der Waals surface area (Å²) < 4.78 is 57.9. The fourth-order valence-electron chi connectivity index (χ4n) is 2.68. The van der Waals surface area contributed by atoms with E-state index in [0.29, 0.717) is 16.9 Å². The van der Waals surface area contributed by atoms with Crippen molar-refractivity contribution in [3.63, 3.8) is 0 Å². The van der Waals surface area contributed by atoms with Gasteiger partial charge in [0.1, 0.15) is 29.6 Å². The zero-order valence-corrected chi connectivity index (χ0v) is 16.7. The Morgan fingerprint density at radius 3 is 2.50 bits per heavy atom. The van der Waals surface area contributed by atoms with Crippen molar-refractivity contribution in [3.05, 3.63) is 66.4 Å². The van der Waals surface area contributed by atoms with Crippen molar-refractivity contribution in [3.8, 4) is 28.5 Å². The van der Waals surface area contributed by atoms with Crippen molar-refractivity contribution in [2.45, 2.75) is 25.9 Å². The highest BCUT2D eigenvalue weighted by Crippen LogP contribution is 2.37. The minimum atomic E-state index is -3.22. The van der Waals surface area contributed by atoms with Crippen molar-refractivity contribution in [2.75, 3.05) is 13.7 Å². The quantitative estimate of drug-likeness (QED) is 0.477. The van der Waals surface area contributed by atoms with Gasteiger partial charge in [-0.25, -0.2) is 9.37 Å². The molecule has 0 saturated carbocycles. The van der Waals surface area contributed by atoms with Gasteiger partial charge in [0.15, 0.2) is 0 Å². The summed E-state index contributed by atoms with van der Waals surface area (Å²) in [5.74, 6) is -2.93. The second kappa shape index (κ2) is 9.13. The summed E-state index contributed by atoms with van der Waals surface area (Å²) in [5.41, 5.74) is 0.704. The van der Waals surface area contributed by atoms with Crippen LogP contribution < -0.4 is 9.47 Å². The molecule has 3 aromatic rings. The standard InChI is InChI=1S/C22H21F3N2O3/c1-14(2)29-13-22(24,25)20-9-7-16(12-27-20)30-21-18(5-4-10-26-21)17-8-6-15(23)11-19(17)28-3/h4-12,14H,13H2,1-3H3. The predicted octanol–water partition coefficient (Wildman–Crippen LogP) is 5.60. The van der Waals surface area contributed by atoms with Crippen molar-refractivity contribution in [1.29, 1.82) is 0 Å². The highest BCUT2D eigenvalue weighted by Gasteiger charge is 2.34. The molecular formula is C22H21F3N2O3. The number of hydrogen-bond donors (Lipinski definition) is 0. The van der Waals surface area contributed by atoms with Crippen LogP contribution >= 0.6 is 0 Å². The highest BCUT2D eigenvalue weighted by molar-refractivity contribution is 5.74. The molecule has 30 heavy (non-hydrogen) atoms. The molecule has 158 valence electrons. The SMILES string of the molecule is COc1cc(F)ccc1-c1cccnc1Oc1ccc(C(F)(F)COC(C)C)nc1.